The Balaban J connectivity index is 2.79. The van der Waals surface area contributed by atoms with Gasteiger partial charge < -0.3 is 14.6 Å². The van der Waals surface area contributed by atoms with E-state index in [9.17, 15) is 9.59 Å². The van der Waals surface area contributed by atoms with Crippen molar-refractivity contribution in [2.45, 2.75) is 32.8 Å². The fourth-order valence-corrected chi connectivity index (χ4v) is 1.72. The highest BCUT2D eigenvalue weighted by molar-refractivity contribution is 5.69. The van der Waals surface area contributed by atoms with Crippen molar-refractivity contribution in [1.29, 1.82) is 0 Å². The van der Waals surface area contributed by atoms with Crippen molar-refractivity contribution < 1.29 is 24.2 Å². The van der Waals surface area contributed by atoms with Gasteiger partial charge in [-0.2, -0.15) is 0 Å². The van der Waals surface area contributed by atoms with E-state index in [1.54, 1.807) is 30.3 Å². The van der Waals surface area contributed by atoms with Gasteiger partial charge in [-0.15, -0.1) is 0 Å². The number of hydrogen-bond acceptors (Lipinski definition) is 5. The number of benzene rings is 1. The van der Waals surface area contributed by atoms with Crippen molar-refractivity contribution in [2.24, 2.45) is 0 Å². The van der Waals surface area contributed by atoms with E-state index in [0.29, 0.717) is 18.6 Å². The number of carbonyl (C=O) groups is 2. The summed E-state index contributed by atoms with van der Waals surface area (Å²) in [6, 6.07) is 6.77. The molecular weight excluding hydrogens is 272 g/mol. The summed E-state index contributed by atoms with van der Waals surface area (Å²) in [7, 11) is 0. The first kappa shape index (κ1) is 16.9. The predicted molar refractivity (Wildman–Crippen MR) is 77.7 cm³/mol. The molecule has 5 nitrogen and oxygen atoms in total. The van der Waals surface area contributed by atoms with Gasteiger partial charge in [0.25, 0.3) is 0 Å². The van der Waals surface area contributed by atoms with Crippen LogP contribution >= 0.6 is 0 Å². The molecule has 0 aromatic heterocycles. The van der Waals surface area contributed by atoms with Crippen LogP contribution < -0.4 is 4.74 Å². The molecule has 0 spiro atoms. The van der Waals surface area contributed by atoms with Crippen LogP contribution in [0.2, 0.25) is 0 Å². The number of rotatable bonds is 7. The average Bonchev–Trinajstić information content (AvgIpc) is 2.42. The number of unbranched alkanes of at least 4 members (excludes halogenated alkanes) is 1. The molecule has 0 aliphatic carbocycles. The van der Waals surface area contributed by atoms with Gasteiger partial charge in [-0.1, -0.05) is 18.2 Å². The first-order valence-corrected chi connectivity index (χ1v) is 6.76. The average molecular weight is 292 g/mol. The molecule has 0 aliphatic heterocycles. The second-order valence-electron chi connectivity index (χ2n) is 4.49. The van der Waals surface area contributed by atoms with Crippen LogP contribution in [-0.2, 0) is 14.3 Å². The van der Waals surface area contributed by atoms with Crippen molar-refractivity contribution in [3.8, 4) is 5.75 Å². The fraction of sp³-hybridized carbons (Fsp3) is 0.375. The van der Waals surface area contributed by atoms with E-state index in [0.717, 1.165) is 5.56 Å². The SMILES string of the molecule is CC(=O)Oc1ccc([C@H](/C=C/CCCO)OC(C)=O)cc1. The van der Waals surface area contributed by atoms with Crippen LogP contribution in [0.3, 0.4) is 0 Å². The molecular formula is C16H20O5. The molecule has 21 heavy (non-hydrogen) atoms. The summed E-state index contributed by atoms with van der Waals surface area (Å²) in [5.41, 5.74) is 0.779. The molecule has 114 valence electrons. The number of carbonyl (C=O) groups excluding carboxylic acids is 2. The quantitative estimate of drug-likeness (QED) is 0.362. The molecule has 0 fully saturated rings. The maximum atomic E-state index is 11.2. The highest BCUT2D eigenvalue weighted by Crippen LogP contribution is 2.22. The molecule has 0 heterocycles. The van der Waals surface area contributed by atoms with Crippen LogP contribution in [0, 0.1) is 0 Å². The lowest BCUT2D eigenvalue weighted by atomic mass is 10.1. The summed E-state index contributed by atoms with van der Waals surface area (Å²) >= 11 is 0. The molecule has 1 aromatic carbocycles. The Morgan fingerprint density at radius 1 is 1.19 bits per heavy atom. The minimum absolute atomic E-state index is 0.125. The molecule has 0 bridgehead atoms. The van der Waals surface area contributed by atoms with Gasteiger partial charge in [-0.25, -0.2) is 0 Å². The summed E-state index contributed by atoms with van der Waals surface area (Å²) in [5, 5.41) is 8.74. The normalized spacial score (nSPS) is 12.1. The molecule has 0 unspecified atom stereocenters. The molecule has 1 atom stereocenters. The van der Waals surface area contributed by atoms with Crippen LogP contribution in [0.15, 0.2) is 36.4 Å². The van der Waals surface area contributed by atoms with Crippen LogP contribution in [-0.4, -0.2) is 23.7 Å². The Morgan fingerprint density at radius 2 is 1.86 bits per heavy atom. The largest absolute Gasteiger partial charge is 0.453 e. The predicted octanol–water partition coefficient (Wildman–Crippen LogP) is 2.54. The smallest absolute Gasteiger partial charge is 0.308 e. The lowest BCUT2D eigenvalue weighted by Gasteiger charge is -2.14. The number of ether oxygens (including phenoxy) is 2. The second-order valence-corrected chi connectivity index (χ2v) is 4.49. The molecule has 0 saturated carbocycles. The minimum Gasteiger partial charge on any atom is -0.453 e. The fourth-order valence-electron chi connectivity index (χ4n) is 1.72. The van der Waals surface area contributed by atoms with Crippen LogP contribution in [0.4, 0.5) is 0 Å². The molecule has 0 amide bonds. The number of hydrogen-bond donors (Lipinski definition) is 1. The molecule has 0 aliphatic rings. The lowest BCUT2D eigenvalue weighted by molar-refractivity contribution is -0.144. The van der Waals surface area contributed by atoms with Crippen LogP contribution in [0.25, 0.3) is 0 Å². The van der Waals surface area contributed by atoms with Gasteiger partial charge in [0.1, 0.15) is 11.9 Å². The van der Waals surface area contributed by atoms with Gasteiger partial charge in [-0.3, -0.25) is 9.59 Å². The van der Waals surface area contributed by atoms with E-state index in [-0.39, 0.29) is 18.5 Å². The highest BCUT2D eigenvalue weighted by Gasteiger charge is 2.11. The molecule has 1 aromatic rings. The Hall–Kier alpha value is -2.14. The van der Waals surface area contributed by atoms with Gasteiger partial charge >= 0.3 is 11.9 Å². The highest BCUT2D eigenvalue weighted by atomic mass is 16.5. The zero-order valence-corrected chi connectivity index (χ0v) is 12.2. The van der Waals surface area contributed by atoms with Gasteiger partial charge in [0.2, 0.25) is 0 Å². The number of allylic oxidation sites excluding steroid dienone is 1. The molecule has 0 saturated heterocycles. The van der Waals surface area contributed by atoms with Crippen LogP contribution in [0.5, 0.6) is 5.75 Å². The van der Waals surface area contributed by atoms with Crippen LogP contribution in [0.1, 0.15) is 38.4 Å². The van der Waals surface area contributed by atoms with Crippen molar-refractivity contribution in [2.75, 3.05) is 6.61 Å². The lowest BCUT2D eigenvalue weighted by Crippen LogP contribution is -2.06. The maximum absolute atomic E-state index is 11.2. The third-order valence-electron chi connectivity index (χ3n) is 2.60. The first-order chi connectivity index (χ1) is 10.0. The summed E-state index contributed by atoms with van der Waals surface area (Å²) in [5.74, 6) is -0.323. The maximum Gasteiger partial charge on any atom is 0.308 e. The van der Waals surface area contributed by atoms with Crippen molar-refractivity contribution in [3.05, 3.63) is 42.0 Å². The number of aliphatic hydroxyl groups is 1. The third kappa shape index (κ3) is 6.72. The molecule has 1 N–H and O–H groups in total. The Kier molecular flexibility index (Phi) is 7.18. The first-order valence-electron chi connectivity index (χ1n) is 6.76. The summed E-state index contributed by atoms with van der Waals surface area (Å²) < 4.78 is 10.2. The Morgan fingerprint density at radius 3 is 2.38 bits per heavy atom. The second kappa shape index (κ2) is 8.92. The van der Waals surface area contributed by atoms with Crippen molar-refractivity contribution in [3.63, 3.8) is 0 Å². The zero-order valence-electron chi connectivity index (χ0n) is 12.2. The van der Waals surface area contributed by atoms with Gasteiger partial charge in [-0.05, 0) is 36.6 Å². The van der Waals surface area contributed by atoms with E-state index in [2.05, 4.69) is 0 Å². The molecule has 0 radical (unpaired) electrons. The standard InChI is InChI=1S/C16H20O5/c1-12(18)20-15-9-7-14(8-10-15)16(21-13(2)19)6-4-3-5-11-17/h4,6-10,16-17H,3,5,11H2,1-2H3/b6-4+/t16-/m0/s1. The summed E-state index contributed by atoms with van der Waals surface area (Å²) in [6.07, 6.45) is 4.52. The number of esters is 2. The Bertz CT molecular complexity index is 490. The van der Waals surface area contributed by atoms with E-state index < -0.39 is 6.10 Å². The zero-order chi connectivity index (χ0) is 15.7. The number of aliphatic hydroxyl groups excluding tert-OH is 1. The minimum atomic E-state index is -0.493. The molecule has 1 rings (SSSR count). The summed E-state index contributed by atoms with van der Waals surface area (Å²) in [4.78, 5) is 22.0. The van der Waals surface area contributed by atoms with Gasteiger partial charge in [0.05, 0.1) is 0 Å². The van der Waals surface area contributed by atoms with Crippen molar-refractivity contribution in [1.82, 2.24) is 0 Å². The van der Waals surface area contributed by atoms with E-state index in [1.807, 2.05) is 6.08 Å². The molecule has 5 heteroatoms. The topological polar surface area (TPSA) is 72.8 Å². The third-order valence-corrected chi connectivity index (χ3v) is 2.60. The van der Waals surface area contributed by atoms with E-state index >= 15 is 0 Å². The summed E-state index contributed by atoms with van der Waals surface area (Å²) in [6.45, 7) is 2.81. The van der Waals surface area contributed by atoms with Crippen molar-refractivity contribution >= 4 is 11.9 Å². The van der Waals surface area contributed by atoms with Gasteiger partial charge in [0.15, 0.2) is 0 Å². The Labute approximate surface area is 124 Å². The van der Waals surface area contributed by atoms with E-state index in [4.69, 9.17) is 14.6 Å². The van der Waals surface area contributed by atoms with Gasteiger partial charge in [0, 0.05) is 20.5 Å². The monoisotopic (exact) mass is 292 g/mol. The van der Waals surface area contributed by atoms with E-state index in [1.165, 1.54) is 13.8 Å².